The molecule has 5 fully saturated rings. The fourth-order valence-electron chi connectivity index (χ4n) is 6.38. The van der Waals surface area contributed by atoms with Gasteiger partial charge in [0.15, 0.2) is 0 Å². The molecule has 4 saturated carbocycles. The van der Waals surface area contributed by atoms with E-state index in [1.807, 2.05) is 0 Å². The van der Waals surface area contributed by atoms with E-state index in [1.54, 1.807) is 0 Å². The highest BCUT2D eigenvalue weighted by Crippen LogP contribution is 2.62. The Morgan fingerprint density at radius 3 is 2.10 bits per heavy atom. The Morgan fingerprint density at radius 2 is 1.65 bits per heavy atom. The third-order valence-electron chi connectivity index (χ3n) is 6.97. The fraction of sp³-hybridized carbons (Fsp3) is 0.941. The molecule has 0 radical (unpaired) electrons. The first-order valence-electron chi connectivity index (χ1n) is 8.50. The fourth-order valence-corrected chi connectivity index (χ4v) is 6.38. The van der Waals surface area contributed by atoms with E-state index in [0.717, 1.165) is 30.8 Å². The number of carbonyl (C=O) groups is 1. The minimum Gasteiger partial charge on any atom is -0.481 e. The lowest BCUT2D eigenvalue weighted by molar-refractivity contribution is -0.142. The second-order valence-corrected chi connectivity index (χ2v) is 8.37. The van der Waals surface area contributed by atoms with Crippen LogP contribution in [-0.2, 0) is 4.79 Å². The van der Waals surface area contributed by atoms with E-state index >= 15 is 0 Å². The molecule has 1 unspecified atom stereocenters. The molecule has 0 amide bonds. The summed E-state index contributed by atoms with van der Waals surface area (Å²) in [6.45, 7) is 4.48. The molecule has 0 aromatic heterocycles. The van der Waals surface area contributed by atoms with Crippen molar-refractivity contribution in [3.8, 4) is 0 Å². The molecule has 1 atom stereocenters. The van der Waals surface area contributed by atoms with Gasteiger partial charge in [0, 0.05) is 19.1 Å². The van der Waals surface area contributed by atoms with Crippen molar-refractivity contribution in [2.45, 2.75) is 57.9 Å². The van der Waals surface area contributed by atoms with Crippen LogP contribution < -0.4 is 0 Å². The van der Waals surface area contributed by atoms with Crippen LogP contribution in [0.25, 0.3) is 0 Å². The first kappa shape index (κ1) is 13.1. The van der Waals surface area contributed by atoms with Gasteiger partial charge in [-0.3, -0.25) is 9.69 Å². The predicted molar refractivity (Wildman–Crippen MR) is 77.4 cm³/mol. The summed E-state index contributed by atoms with van der Waals surface area (Å²) in [5.74, 6) is 2.82. The van der Waals surface area contributed by atoms with Crippen molar-refractivity contribution in [2.24, 2.45) is 29.1 Å². The van der Waals surface area contributed by atoms with Crippen LogP contribution in [0.15, 0.2) is 0 Å². The van der Waals surface area contributed by atoms with Gasteiger partial charge >= 0.3 is 5.97 Å². The van der Waals surface area contributed by atoms with Crippen LogP contribution in [0.2, 0.25) is 0 Å². The summed E-state index contributed by atoms with van der Waals surface area (Å²) >= 11 is 0. The Hall–Kier alpha value is -0.570. The highest BCUT2D eigenvalue weighted by molar-refractivity contribution is 5.67. The van der Waals surface area contributed by atoms with Crippen molar-refractivity contribution >= 4 is 5.97 Å². The zero-order chi connectivity index (χ0) is 13.9. The van der Waals surface area contributed by atoms with Gasteiger partial charge in [0.2, 0.25) is 0 Å². The van der Waals surface area contributed by atoms with E-state index in [0.29, 0.717) is 23.8 Å². The first-order valence-corrected chi connectivity index (χ1v) is 8.50. The number of likely N-dealkylation sites (tertiary alicyclic amines) is 1. The second kappa shape index (κ2) is 4.46. The van der Waals surface area contributed by atoms with E-state index in [4.69, 9.17) is 5.11 Å². The number of rotatable bonds is 4. The Bertz CT molecular complexity index is 378. The maximum absolute atomic E-state index is 10.8. The minimum atomic E-state index is -0.628. The quantitative estimate of drug-likeness (QED) is 0.859. The van der Waals surface area contributed by atoms with Gasteiger partial charge in [0.05, 0.1) is 6.42 Å². The normalized spacial score (nSPS) is 45.4. The summed E-state index contributed by atoms with van der Waals surface area (Å²) in [5.41, 5.74) is 0.586. The molecule has 1 N–H and O–H groups in total. The van der Waals surface area contributed by atoms with Crippen molar-refractivity contribution in [3.05, 3.63) is 0 Å². The molecule has 5 rings (SSSR count). The van der Waals surface area contributed by atoms with Gasteiger partial charge < -0.3 is 5.11 Å². The van der Waals surface area contributed by atoms with Crippen LogP contribution in [0.3, 0.4) is 0 Å². The van der Waals surface area contributed by atoms with Crippen molar-refractivity contribution in [3.63, 3.8) is 0 Å². The number of hydrogen-bond acceptors (Lipinski definition) is 2. The molecule has 3 nitrogen and oxygen atoms in total. The van der Waals surface area contributed by atoms with E-state index in [-0.39, 0.29) is 0 Å². The maximum atomic E-state index is 10.8. The van der Waals surface area contributed by atoms with Gasteiger partial charge in [-0.1, -0.05) is 0 Å². The van der Waals surface area contributed by atoms with Gasteiger partial charge in [-0.2, -0.15) is 0 Å². The van der Waals surface area contributed by atoms with Crippen LogP contribution in [0.1, 0.15) is 51.9 Å². The average molecular weight is 277 g/mol. The number of nitrogens with zero attached hydrogens (tertiary/aromatic N) is 1. The van der Waals surface area contributed by atoms with E-state index in [9.17, 15) is 4.79 Å². The van der Waals surface area contributed by atoms with Crippen molar-refractivity contribution in [1.82, 2.24) is 4.90 Å². The number of aliphatic carboxylic acids is 1. The van der Waals surface area contributed by atoms with E-state index < -0.39 is 5.97 Å². The van der Waals surface area contributed by atoms with Gasteiger partial charge in [-0.05, 0) is 74.5 Å². The second-order valence-electron chi connectivity index (χ2n) is 8.37. The summed E-state index contributed by atoms with van der Waals surface area (Å²) < 4.78 is 0. The maximum Gasteiger partial charge on any atom is 0.303 e. The lowest BCUT2D eigenvalue weighted by Gasteiger charge is -2.62. The van der Waals surface area contributed by atoms with Gasteiger partial charge in [0.1, 0.15) is 0 Å². The molecule has 5 aliphatic rings. The number of carboxylic acids is 1. The molecule has 3 heteroatoms. The Morgan fingerprint density at radius 1 is 1.15 bits per heavy atom. The van der Waals surface area contributed by atoms with Gasteiger partial charge in [0.25, 0.3) is 0 Å². The summed E-state index contributed by atoms with van der Waals surface area (Å²) in [4.78, 5) is 13.4. The lowest BCUT2D eigenvalue weighted by atomic mass is 9.47. The van der Waals surface area contributed by atoms with Crippen molar-refractivity contribution in [2.75, 3.05) is 13.1 Å². The summed E-state index contributed by atoms with van der Waals surface area (Å²) in [6, 6.07) is 0.681. The Balaban J connectivity index is 1.42. The molecule has 1 aliphatic heterocycles. The smallest absolute Gasteiger partial charge is 0.303 e. The van der Waals surface area contributed by atoms with Crippen LogP contribution in [-0.4, -0.2) is 35.1 Å². The zero-order valence-corrected chi connectivity index (χ0v) is 12.6. The third-order valence-corrected chi connectivity index (χ3v) is 6.97. The third kappa shape index (κ3) is 2.01. The zero-order valence-electron chi connectivity index (χ0n) is 12.6. The molecular formula is C17H27NO2. The highest BCUT2D eigenvalue weighted by Gasteiger charge is 2.55. The molecular weight excluding hydrogens is 250 g/mol. The SMILES string of the molecule is CC(N1CC(CC(=O)O)C1)C12CC3CC(CC(C3)C1)C2. The van der Waals surface area contributed by atoms with Crippen molar-refractivity contribution in [1.29, 1.82) is 0 Å². The summed E-state index contributed by atoms with van der Waals surface area (Å²) in [6.07, 6.45) is 9.26. The number of hydrogen-bond donors (Lipinski definition) is 1. The molecule has 0 spiro atoms. The Kier molecular flexibility index (Phi) is 2.93. The molecule has 112 valence electrons. The molecule has 1 saturated heterocycles. The summed E-state index contributed by atoms with van der Waals surface area (Å²) in [5, 5.41) is 8.89. The first-order chi connectivity index (χ1) is 9.54. The number of carboxylic acid groups (broad SMARTS) is 1. The minimum absolute atomic E-state index is 0.365. The largest absolute Gasteiger partial charge is 0.481 e. The van der Waals surface area contributed by atoms with Crippen LogP contribution in [0, 0.1) is 29.1 Å². The average Bonchev–Trinajstić information content (AvgIpc) is 2.30. The van der Waals surface area contributed by atoms with Gasteiger partial charge in [-0.25, -0.2) is 0 Å². The van der Waals surface area contributed by atoms with E-state index in [2.05, 4.69) is 11.8 Å². The van der Waals surface area contributed by atoms with E-state index in [1.165, 1.54) is 38.5 Å². The topological polar surface area (TPSA) is 40.5 Å². The van der Waals surface area contributed by atoms with Crippen molar-refractivity contribution < 1.29 is 9.90 Å². The van der Waals surface area contributed by atoms with Crippen LogP contribution in [0.5, 0.6) is 0 Å². The van der Waals surface area contributed by atoms with Crippen LogP contribution >= 0.6 is 0 Å². The molecule has 20 heavy (non-hydrogen) atoms. The Labute approximate surface area is 121 Å². The monoisotopic (exact) mass is 277 g/mol. The molecule has 0 aromatic rings. The molecule has 0 aromatic carbocycles. The molecule has 4 aliphatic carbocycles. The van der Waals surface area contributed by atoms with Gasteiger partial charge in [-0.15, -0.1) is 0 Å². The standard InChI is InChI=1S/C17H27NO2/c1-11(18-9-15(10-18)5-16(19)20)17-6-12-2-13(7-17)4-14(3-12)8-17/h11-15H,2-10H2,1H3,(H,19,20). The predicted octanol–water partition coefficient (Wildman–Crippen LogP) is 3.00. The highest BCUT2D eigenvalue weighted by atomic mass is 16.4. The lowest BCUT2D eigenvalue weighted by Crippen LogP contribution is -2.61. The molecule has 1 heterocycles. The molecule has 4 bridgehead atoms. The van der Waals surface area contributed by atoms with Crippen LogP contribution in [0.4, 0.5) is 0 Å². The summed E-state index contributed by atoms with van der Waals surface area (Å²) in [7, 11) is 0.